The van der Waals surface area contributed by atoms with E-state index in [4.69, 9.17) is 8.22 Å². The Balaban J connectivity index is 2.99. The zero-order valence-electron chi connectivity index (χ0n) is 9.31. The lowest BCUT2D eigenvalue weighted by Gasteiger charge is -1.97. The maximum Gasteiger partial charge on any atom is 0.0310 e. The van der Waals surface area contributed by atoms with Gasteiger partial charge in [0.25, 0.3) is 0 Å². The monoisotopic (exact) mass is 88.1 g/mol. The molecule has 0 heteroatoms. The van der Waals surface area contributed by atoms with Crippen molar-refractivity contribution >= 4 is 0 Å². The highest BCUT2D eigenvalue weighted by Crippen LogP contribution is 2.07. The summed E-state index contributed by atoms with van der Waals surface area (Å²) in [7, 11) is 0. The van der Waals surface area contributed by atoms with Crippen molar-refractivity contribution in [1.29, 1.82) is 0 Å². The Bertz CT molecular complexity index is 186. The highest BCUT2D eigenvalue weighted by molar-refractivity contribution is 4.85. The van der Waals surface area contributed by atoms with Gasteiger partial charge in [0.15, 0.2) is 0 Å². The van der Waals surface area contributed by atoms with Gasteiger partial charge in [-0.25, -0.2) is 0 Å². The largest absolute Gasteiger partial charge is 0.0885 e. The van der Waals surface area contributed by atoms with Crippen LogP contribution in [0.4, 0.5) is 0 Å². The van der Waals surface area contributed by atoms with Gasteiger partial charge in [-0.05, 0) is 25.5 Å². The van der Waals surface area contributed by atoms with E-state index in [0.717, 1.165) is 12.2 Å². The SMILES string of the molecule is [2H][C@@H]1[C@H]([2H])C([2H])([2H])C=CC1([2H])[2H]. The Morgan fingerprint density at radius 2 is 1.67 bits per heavy atom. The molecule has 0 nitrogen and oxygen atoms in total. The van der Waals surface area contributed by atoms with Crippen LogP contribution in [-0.4, -0.2) is 0 Å². The van der Waals surface area contributed by atoms with Gasteiger partial charge >= 0.3 is 0 Å². The van der Waals surface area contributed by atoms with Gasteiger partial charge in [0.1, 0.15) is 0 Å². The molecule has 6 heavy (non-hydrogen) atoms. The molecule has 0 aromatic rings. The molecule has 2 atom stereocenters. The molecule has 0 amide bonds. The predicted molar refractivity (Wildman–Crippen MR) is 27.6 cm³/mol. The van der Waals surface area contributed by atoms with E-state index < -0.39 is 25.5 Å². The van der Waals surface area contributed by atoms with Crippen LogP contribution >= 0.6 is 0 Å². The molecule has 0 spiro atoms. The Hall–Kier alpha value is -0.260. The van der Waals surface area contributed by atoms with Gasteiger partial charge < -0.3 is 0 Å². The smallest absolute Gasteiger partial charge is 0.0310 e. The minimum absolute atomic E-state index is 1.04. The Morgan fingerprint density at radius 3 is 2.17 bits per heavy atom. The summed E-state index contributed by atoms with van der Waals surface area (Å²) in [6.07, 6.45) is -4.38. The van der Waals surface area contributed by atoms with Gasteiger partial charge in [0, 0.05) is 8.22 Å². The zero-order chi connectivity index (χ0) is 9.57. The molecule has 0 bridgehead atoms. The molecule has 0 aromatic heterocycles. The summed E-state index contributed by atoms with van der Waals surface area (Å²) in [5, 5.41) is 0. The molecule has 1 rings (SSSR count). The lowest BCUT2D eigenvalue weighted by atomic mass is 10.1. The molecule has 0 heterocycles. The van der Waals surface area contributed by atoms with Gasteiger partial charge in [-0.15, -0.1) is 0 Å². The van der Waals surface area contributed by atoms with Gasteiger partial charge in [0.05, 0.1) is 0 Å². The average molecular weight is 88.2 g/mol. The fraction of sp³-hybridized carbons (Fsp3) is 0.667. The van der Waals surface area contributed by atoms with Crippen molar-refractivity contribution in [1.82, 2.24) is 0 Å². The first-order chi connectivity index (χ1) is 5.27. The van der Waals surface area contributed by atoms with Crippen LogP contribution in [0.25, 0.3) is 0 Å². The molecule has 0 aliphatic heterocycles. The van der Waals surface area contributed by atoms with Crippen molar-refractivity contribution in [3.05, 3.63) is 12.2 Å². The minimum Gasteiger partial charge on any atom is -0.0885 e. The van der Waals surface area contributed by atoms with E-state index in [-0.39, 0.29) is 0 Å². The van der Waals surface area contributed by atoms with Crippen LogP contribution in [-0.2, 0) is 0 Å². The van der Waals surface area contributed by atoms with Crippen LogP contribution in [0.5, 0.6) is 0 Å². The van der Waals surface area contributed by atoms with Gasteiger partial charge in [-0.3, -0.25) is 0 Å². The Kier molecular flexibility index (Phi) is 0.314. The molecule has 0 saturated carbocycles. The summed E-state index contributed by atoms with van der Waals surface area (Å²) >= 11 is 0. The van der Waals surface area contributed by atoms with Crippen molar-refractivity contribution in [3.8, 4) is 0 Å². The fourth-order valence-electron chi connectivity index (χ4n) is 0.304. The number of allylic oxidation sites excluding steroid dienone is 2. The summed E-state index contributed by atoms with van der Waals surface area (Å²) in [5.74, 6) is 0. The van der Waals surface area contributed by atoms with Crippen molar-refractivity contribution in [3.63, 3.8) is 0 Å². The Labute approximate surface area is 47.3 Å². The molecule has 1 aliphatic rings. The maximum atomic E-state index is 7.28. The quantitative estimate of drug-likeness (QED) is 0.398. The third kappa shape index (κ3) is 0.852. The highest BCUT2D eigenvalue weighted by atomic mass is 13.9. The molecule has 0 radical (unpaired) electrons. The van der Waals surface area contributed by atoms with Crippen molar-refractivity contribution in [2.45, 2.75) is 25.5 Å². The fourth-order valence-corrected chi connectivity index (χ4v) is 0.304. The molecular formula is C6H10. The van der Waals surface area contributed by atoms with Crippen LogP contribution in [0.3, 0.4) is 0 Å². The third-order valence-electron chi connectivity index (χ3n) is 0.552. The van der Waals surface area contributed by atoms with Gasteiger partial charge in [0.2, 0.25) is 0 Å². The predicted octanol–water partition coefficient (Wildman–Crippen LogP) is 2.12. The van der Waals surface area contributed by atoms with Crippen LogP contribution in [0.15, 0.2) is 12.2 Å². The molecule has 0 fully saturated rings. The summed E-state index contributed by atoms with van der Waals surface area (Å²) in [5.41, 5.74) is 0. The molecule has 0 N–H and O–H groups in total. The zero-order valence-corrected chi connectivity index (χ0v) is 3.31. The molecule has 0 aromatic carbocycles. The lowest BCUT2D eigenvalue weighted by molar-refractivity contribution is 0.730. The molecule has 0 unspecified atom stereocenters. The van der Waals surface area contributed by atoms with Crippen LogP contribution in [0.1, 0.15) is 33.8 Å². The third-order valence-corrected chi connectivity index (χ3v) is 0.552. The van der Waals surface area contributed by atoms with Crippen LogP contribution in [0, 0.1) is 0 Å². The summed E-state index contributed by atoms with van der Waals surface area (Å²) < 4.78 is 43.5. The van der Waals surface area contributed by atoms with E-state index in [9.17, 15) is 0 Å². The van der Waals surface area contributed by atoms with E-state index in [1.807, 2.05) is 0 Å². The average Bonchev–Trinajstić information content (AvgIpc) is 1.96. The van der Waals surface area contributed by atoms with Crippen molar-refractivity contribution in [2.75, 3.05) is 0 Å². The van der Waals surface area contributed by atoms with Crippen molar-refractivity contribution in [2.24, 2.45) is 0 Å². The second-order valence-corrected chi connectivity index (χ2v) is 1.00. The van der Waals surface area contributed by atoms with E-state index in [0.29, 0.717) is 0 Å². The lowest BCUT2D eigenvalue weighted by Crippen LogP contribution is -1.77. The number of rotatable bonds is 0. The molecular weight excluding hydrogens is 72.1 g/mol. The van der Waals surface area contributed by atoms with Gasteiger partial charge in [-0.1, -0.05) is 12.2 Å². The molecule has 1 aliphatic carbocycles. The van der Waals surface area contributed by atoms with Crippen LogP contribution < -0.4 is 0 Å². The molecule has 34 valence electrons. The number of hydrogen-bond acceptors (Lipinski definition) is 0. The van der Waals surface area contributed by atoms with Gasteiger partial charge in [-0.2, -0.15) is 0 Å². The summed E-state index contributed by atoms with van der Waals surface area (Å²) in [4.78, 5) is 0. The standard InChI is InChI=1S/C6H10/c1-2-4-6-5-3-1/h1-2H,3-6H2/i3D2,4D2,5D,6D/t5-,6+. The minimum atomic E-state index is -1.88. The highest BCUT2D eigenvalue weighted by Gasteiger charge is 1.87. The summed E-state index contributed by atoms with van der Waals surface area (Å²) in [6.45, 7) is 0. The van der Waals surface area contributed by atoms with E-state index >= 15 is 0 Å². The maximum absolute atomic E-state index is 7.28. The second kappa shape index (κ2) is 2.01. The first kappa shape index (κ1) is 0.936. The van der Waals surface area contributed by atoms with Crippen LogP contribution in [0.2, 0.25) is 0 Å². The van der Waals surface area contributed by atoms with E-state index in [1.54, 1.807) is 0 Å². The topological polar surface area (TPSA) is 0 Å². The normalized spacial score (nSPS) is 77.3. The second-order valence-electron chi connectivity index (χ2n) is 1.00. The summed E-state index contributed by atoms with van der Waals surface area (Å²) in [6, 6.07) is 0. The first-order valence-electron chi connectivity index (χ1n) is 4.98. The Morgan fingerprint density at radius 1 is 1.17 bits per heavy atom. The van der Waals surface area contributed by atoms with Crippen molar-refractivity contribution < 1.29 is 8.22 Å². The number of hydrogen-bond donors (Lipinski definition) is 0. The van der Waals surface area contributed by atoms with E-state index in [2.05, 4.69) is 0 Å². The molecule has 0 saturated heterocycles. The first-order valence-corrected chi connectivity index (χ1v) is 1.82. The van der Waals surface area contributed by atoms with E-state index in [1.165, 1.54) is 0 Å².